The molecule has 1 fully saturated rings. The summed E-state index contributed by atoms with van der Waals surface area (Å²) < 4.78 is 0. The molecule has 0 bridgehead atoms. The maximum atomic E-state index is 4.39. The van der Waals surface area contributed by atoms with E-state index < -0.39 is 0 Å². The zero-order valence-electron chi connectivity index (χ0n) is 9.44. The number of hydrogen-bond acceptors (Lipinski definition) is 4. The Hall–Kier alpha value is -0.450. The van der Waals surface area contributed by atoms with E-state index in [1.54, 1.807) is 11.3 Å². The summed E-state index contributed by atoms with van der Waals surface area (Å²) in [7, 11) is 2.03. The summed E-state index contributed by atoms with van der Waals surface area (Å²) in [6.07, 6.45) is 3.22. The number of nitrogens with one attached hydrogen (secondary N) is 1. The lowest BCUT2D eigenvalue weighted by molar-refractivity contribution is 0.251. The van der Waals surface area contributed by atoms with Crippen molar-refractivity contribution in [3.8, 4) is 0 Å². The molecule has 2 heterocycles. The van der Waals surface area contributed by atoms with Crippen LogP contribution < -0.4 is 5.32 Å². The fraction of sp³-hybridized carbons (Fsp3) is 0.727. The van der Waals surface area contributed by atoms with Crippen LogP contribution in [0.15, 0.2) is 11.6 Å². The molecular weight excluding hydrogens is 206 g/mol. The highest BCUT2D eigenvalue weighted by atomic mass is 32.1. The molecule has 1 aliphatic heterocycles. The van der Waals surface area contributed by atoms with Gasteiger partial charge in [-0.3, -0.25) is 4.90 Å². The van der Waals surface area contributed by atoms with E-state index >= 15 is 0 Å². The number of thiazole rings is 1. The van der Waals surface area contributed by atoms with E-state index in [1.807, 2.05) is 13.2 Å². The van der Waals surface area contributed by atoms with Gasteiger partial charge in [0.2, 0.25) is 0 Å². The van der Waals surface area contributed by atoms with Gasteiger partial charge < -0.3 is 5.32 Å². The van der Waals surface area contributed by atoms with Crippen molar-refractivity contribution in [2.24, 2.45) is 5.92 Å². The molecule has 0 spiro atoms. The van der Waals surface area contributed by atoms with Gasteiger partial charge in [-0.1, -0.05) is 0 Å². The molecule has 0 radical (unpaired) electrons. The van der Waals surface area contributed by atoms with Crippen LogP contribution >= 0.6 is 11.3 Å². The molecule has 1 saturated heterocycles. The minimum atomic E-state index is 0.492. The van der Waals surface area contributed by atoms with Crippen molar-refractivity contribution < 1.29 is 0 Å². The summed E-state index contributed by atoms with van der Waals surface area (Å²) in [6, 6.07) is 0.492. The smallest absolute Gasteiger partial charge is 0.109 e. The maximum Gasteiger partial charge on any atom is 0.109 e. The molecule has 15 heavy (non-hydrogen) atoms. The fourth-order valence-corrected chi connectivity index (χ4v) is 3.00. The van der Waals surface area contributed by atoms with Gasteiger partial charge in [0, 0.05) is 18.1 Å². The lowest BCUT2D eigenvalue weighted by Crippen LogP contribution is -2.27. The van der Waals surface area contributed by atoms with Gasteiger partial charge >= 0.3 is 0 Å². The van der Waals surface area contributed by atoms with Gasteiger partial charge in [-0.2, -0.15) is 0 Å². The first-order valence-corrected chi connectivity index (χ1v) is 6.47. The molecule has 0 amide bonds. The Labute approximate surface area is 95.5 Å². The predicted octanol–water partition coefficient (Wildman–Crippen LogP) is 1.75. The molecule has 1 aliphatic rings. The van der Waals surface area contributed by atoms with Gasteiger partial charge in [0.1, 0.15) is 5.01 Å². The van der Waals surface area contributed by atoms with Crippen LogP contribution in [0.1, 0.15) is 24.4 Å². The van der Waals surface area contributed by atoms with Gasteiger partial charge in [0.25, 0.3) is 0 Å². The highest BCUT2D eigenvalue weighted by Gasteiger charge is 2.27. The number of likely N-dealkylation sites (tertiary alicyclic amines) is 1. The Morgan fingerprint density at radius 1 is 1.73 bits per heavy atom. The van der Waals surface area contributed by atoms with Gasteiger partial charge in [-0.05, 0) is 39.4 Å². The molecule has 0 aliphatic carbocycles. The van der Waals surface area contributed by atoms with Crippen molar-refractivity contribution >= 4 is 11.3 Å². The molecule has 2 rings (SSSR count). The fourth-order valence-electron chi connectivity index (χ4n) is 2.27. The monoisotopic (exact) mass is 225 g/mol. The van der Waals surface area contributed by atoms with E-state index in [4.69, 9.17) is 0 Å². The normalized spacial score (nSPS) is 24.5. The van der Waals surface area contributed by atoms with Crippen molar-refractivity contribution in [3.05, 3.63) is 16.6 Å². The van der Waals surface area contributed by atoms with Gasteiger partial charge in [-0.25, -0.2) is 4.98 Å². The zero-order valence-corrected chi connectivity index (χ0v) is 10.3. The average molecular weight is 225 g/mol. The second-order valence-corrected chi connectivity index (χ2v) is 5.18. The molecule has 2 atom stereocenters. The molecule has 1 aromatic rings. The summed E-state index contributed by atoms with van der Waals surface area (Å²) >= 11 is 1.76. The van der Waals surface area contributed by atoms with E-state index in [0.717, 1.165) is 12.5 Å². The second kappa shape index (κ2) is 5.05. The Balaban J connectivity index is 1.90. The third-order valence-corrected chi connectivity index (χ3v) is 4.11. The van der Waals surface area contributed by atoms with Crippen LogP contribution in [0.4, 0.5) is 0 Å². The lowest BCUT2D eigenvalue weighted by Gasteiger charge is -2.22. The van der Waals surface area contributed by atoms with Crippen LogP contribution in [0.2, 0.25) is 0 Å². The second-order valence-electron chi connectivity index (χ2n) is 4.25. The van der Waals surface area contributed by atoms with Crippen LogP contribution in [-0.2, 0) is 0 Å². The first-order chi connectivity index (χ1) is 7.31. The molecular formula is C11H19N3S. The number of rotatable bonds is 4. The highest BCUT2D eigenvalue weighted by molar-refractivity contribution is 7.09. The van der Waals surface area contributed by atoms with E-state index in [-0.39, 0.29) is 0 Å². The largest absolute Gasteiger partial charge is 0.319 e. The van der Waals surface area contributed by atoms with Crippen LogP contribution in [-0.4, -0.2) is 36.6 Å². The van der Waals surface area contributed by atoms with E-state index in [9.17, 15) is 0 Å². The van der Waals surface area contributed by atoms with Gasteiger partial charge in [-0.15, -0.1) is 11.3 Å². The average Bonchev–Trinajstić information content (AvgIpc) is 2.87. The summed E-state index contributed by atoms with van der Waals surface area (Å²) in [6.45, 7) is 5.83. The topological polar surface area (TPSA) is 28.2 Å². The Kier molecular flexibility index (Phi) is 3.72. The summed E-state index contributed by atoms with van der Waals surface area (Å²) in [4.78, 5) is 6.94. The molecule has 4 heteroatoms. The highest BCUT2D eigenvalue weighted by Crippen LogP contribution is 2.27. The first-order valence-electron chi connectivity index (χ1n) is 5.59. The van der Waals surface area contributed by atoms with Gasteiger partial charge in [0.15, 0.2) is 0 Å². The summed E-state index contributed by atoms with van der Waals surface area (Å²) in [5.41, 5.74) is 0. The Bertz CT molecular complexity index is 286. The standard InChI is InChI=1S/C11H19N3S/c1-9(11-13-4-6-15-11)14-5-3-10(8-14)7-12-2/h4,6,9-10,12H,3,5,7-8H2,1-2H3. The summed E-state index contributed by atoms with van der Waals surface area (Å²) in [5, 5.41) is 6.58. The number of hydrogen-bond donors (Lipinski definition) is 1. The Morgan fingerprint density at radius 3 is 3.27 bits per heavy atom. The number of aromatic nitrogens is 1. The third kappa shape index (κ3) is 2.56. The molecule has 2 unspecified atom stereocenters. The van der Waals surface area contributed by atoms with Crippen LogP contribution in [0.25, 0.3) is 0 Å². The molecule has 84 valence electrons. The minimum absolute atomic E-state index is 0.492. The van der Waals surface area contributed by atoms with E-state index in [2.05, 4.69) is 27.5 Å². The molecule has 1 aromatic heterocycles. The van der Waals surface area contributed by atoms with Crippen molar-refractivity contribution in [3.63, 3.8) is 0 Å². The van der Waals surface area contributed by atoms with Crippen LogP contribution in [0.3, 0.4) is 0 Å². The third-order valence-electron chi connectivity index (χ3n) is 3.17. The lowest BCUT2D eigenvalue weighted by atomic mass is 10.1. The van der Waals surface area contributed by atoms with Crippen molar-refractivity contribution in [2.75, 3.05) is 26.7 Å². The summed E-state index contributed by atoms with van der Waals surface area (Å²) in [5.74, 6) is 0.817. The molecule has 0 saturated carbocycles. The Morgan fingerprint density at radius 2 is 2.60 bits per heavy atom. The van der Waals surface area contributed by atoms with Crippen molar-refractivity contribution in [2.45, 2.75) is 19.4 Å². The molecule has 3 nitrogen and oxygen atoms in total. The minimum Gasteiger partial charge on any atom is -0.319 e. The SMILES string of the molecule is CNCC1CCN(C(C)c2nccs2)C1. The zero-order chi connectivity index (χ0) is 10.7. The van der Waals surface area contributed by atoms with E-state index in [1.165, 1.54) is 24.5 Å². The maximum absolute atomic E-state index is 4.39. The van der Waals surface area contributed by atoms with Crippen LogP contribution in [0.5, 0.6) is 0 Å². The number of nitrogens with zero attached hydrogens (tertiary/aromatic N) is 2. The molecule has 0 aromatic carbocycles. The van der Waals surface area contributed by atoms with Gasteiger partial charge in [0.05, 0.1) is 6.04 Å². The quantitative estimate of drug-likeness (QED) is 0.846. The van der Waals surface area contributed by atoms with Crippen molar-refractivity contribution in [1.29, 1.82) is 0 Å². The first kappa shape index (κ1) is 11.0. The van der Waals surface area contributed by atoms with E-state index in [0.29, 0.717) is 6.04 Å². The van der Waals surface area contributed by atoms with Crippen molar-refractivity contribution in [1.82, 2.24) is 15.2 Å². The molecule has 1 N–H and O–H groups in total. The predicted molar refractivity (Wildman–Crippen MR) is 64.1 cm³/mol. The van der Waals surface area contributed by atoms with Crippen LogP contribution in [0, 0.1) is 5.92 Å².